The van der Waals surface area contributed by atoms with Crippen molar-refractivity contribution in [2.75, 3.05) is 12.9 Å². The lowest BCUT2D eigenvalue weighted by atomic mass is 9.90. The SMILES string of the molecule is COC(=O)CC1(CS[C@H](CCc2ccccc2C(C)(C)O)c2cccc(/C=C/c3ccc4sc(Cl)c(Cl)c4n3)c2)CC1. The van der Waals surface area contributed by atoms with E-state index in [0.717, 1.165) is 64.0 Å². The van der Waals surface area contributed by atoms with Gasteiger partial charge in [-0.05, 0) is 85.4 Å². The maximum absolute atomic E-state index is 12.1. The molecule has 0 unspecified atom stereocenters. The molecule has 0 amide bonds. The van der Waals surface area contributed by atoms with Gasteiger partial charge in [0.25, 0.3) is 0 Å². The summed E-state index contributed by atoms with van der Waals surface area (Å²) in [4.78, 5) is 16.8. The lowest BCUT2D eigenvalue weighted by Gasteiger charge is -2.24. The number of aryl methyl sites for hydroxylation is 1. The fourth-order valence-electron chi connectivity index (χ4n) is 5.25. The molecule has 4 aromatic rings. The molecule has 1 fully saturated rings. The van der Waals surface area contributed by atoms with Crippen LogP contribution in [0.25, 0.3) is 22.4 Å². The summed E-state index contributed by atoms with van der Waals surface area (Å²) in [6.07, 6.45) is 8.42. The molecule has 1 N–H and O–H groups in total. The van der Waals surface area contributed by atoms with Crippen LogP contribution in [0.15, 0.2) is 60.7 Å². The number of thiophene rings is 1. The molecule has 1 atom stereocenters. The highest BCUT2D eigenvalue weighted by Crippen LogP contribution is 2.53. The van der Waals surface area contributed by atoms with Gasteiger partial charge in [-0.3, -0.25) is 4.79 Å². The van der Waals surface area contributed by atoms with E-state index in [-0.39, 0.29) is 16.6 Å². The zero-order valence-electron chi connectivity index (χ0n) is 24.0. The van der Waals surface area contributed by atoms with Crippen LogP contribution >= 0.6 is 46.3 Å². The highest BCUT2D eigenvalue weighted by molar-refractivity contribution is 7.99. The van der Waals surface area contributed by atoms with Crippen molar-refractivity contribution in [2.24, 2.45) is 5.41 Å². The number of aromatic nitrogens is 1. The predicted octanol–water partition coefficient (Wildman–Crippen LogP) is 9.75. The molecule has 1 aliphatic rings. The van der Waals surface area contributed by atoms with Crippen molar-refractivity contribution < 1.29 is 14.6 Å². The molecular weight excluding hydrogens is 605 g/mol. The smallest absolute Gasteiger partial charge is 0.306 e. The molecule has 1 aliphatic carbocycles. The third-order valence-electron chi connectivity index (χ3n) is 7.84. The van der Waals surface area contributed by atoms with Crippen LogP contribution in [0.2, 0.25) is 9.36 Å². The number of hydrogen-bond acceptors (Lipinski definition) is 6. The minimum absolute atomic E-state index is 0.0364. The molecule has 42 heavy (non-hydrogen) atoms. The predicted molar refractivity (Wildman–Crippen MR) is 179 cm³/mol. The van der Waals surface area contributed by atoms with Gasteiger partial charge in [0, 0.05) is 11.0 Å². The Morgan fingerprint density at radius 3 is 2.67 bits per heavy atom. The van der Waals surface area contributed by atoms with Crippen molar-refractivity contribution in [3.63, 3.8) is 0 Å². The van der Waals surface area contributed by atoms with E-state index in [4.69, 9.17) is 32.9 Å². The molecule has 2 aromatic carbocycles. The first-order valence-electron chi connectivity index (χ1n) is 14.1. The summed E-state index contributed by atoms with van der Waals surface area (Å²) in [5.41, 5.74) is 5.13. The van der Waals surface area contributed by atoms with Gasteiger partial charge in [0.2, 0.25) is 0 Å². The summed E-state index contributed by atoms with van der Waals surface area (Å²) >= 11 is 15.9. The van der Waals surface area contributed by atoms with E-state index in [2.05, 4.69) is 36.4 Å². The van der Waals surface area contributed by atoms with Crippen LogP contribution in [0.1, 0.15) is 72.7 Å². The second-order valence-electron chi connectivity index (χ2n) is 11.6. The van der Waals surface area contributed by atoms with Crippen molar-refractivity contribution in [1.82, 2.24) is 4.98 Å². The monoisotopic (exact) mass is 639 g/mol. The van der Waals surface area contributed by atoms with Crippen LogP contribution in [0, 0.1) is 5.41 Å². The number of aliphatic hydroxyl groups is 1. The average molecular weight is 641 g/mol. The number of rotatable bonds is 12. The molecule has 4 nitrogen and oxygen atoms in total. The molecule has 2 heterocycles. The van der Waals surface area contributed by atoms with Crippen LogP contribution < -0.4 is 0 Å². The quantitative estimate of drug-likeness (QED) is 0.156. The fraction of sp³-hybridized carbons (Fsp3) is 0.353. The molecule has 1 saturated carbocycles. The van der Waals surface area contributed by atoms with Crippen LogP contribution in [0.3, 0.4) is 0 Å². The van der Waals surface area contributed by atoms with Gasteiger partial charge in [0.05, 0.1) is 34.5 Å². The van der Waals surface area contributed by atoms with E-state index in [9.17, 15) is 9.90 Å². The highest BCUT2D eigenvalue weighted by atomic mass is 35.5. The number of thioether (sulfide) groups is 1. The molecular formula is C34H35Cl2NO3S2. The van der Waals surface area contributed by atoms with E-state index in [0.29, 0.717) is 15.8 Å². The molecule has 0 radical (unpaired) electrons. The third-order valence-corrected chi connectivity index (χ3v) is 11.5. The number of methoxy groups -OCH3 is 1. The normalized spacial score (nSPS) is 15.3. The Morgan fingerprint density at radius 1 is 1.14 bits per heavy atom. The van der Waals surface area contributed by atoms with E-state index in [1.807, 2.05) is 62.0 Å². The maximum Gasteiger partial charge on any atom is 0.306 e. The van der Waals surface area contributed by atoms with Gasteiger partial charge >= 0.3 is 5.97 Å². The van der Waals surface area contributed by atoms with Crippen molar-refractivity contribution in [3.05, 3.63) is 98.0 Å². The molecule has 0 spiro atoms. The van der Waals surface area contributed by atoms with Gasteiger partial charge in [0.15, 0.2) is 0 Å². The van der Waals surface area contributed by atoms with E-state index in [1.165, 1.54) is 24.0 Å². The fourth-order valence-corrected chi connectivity index (χ4v) is 8.23. The first-order valence-corrected chi connectivity index (χ1v) is 16.7. The van der Waals surface area contributed by atoms with Gasteiger partial charge in [-0.1, -0.05) is 77.8 Å². The topological polar surface area (TPSA) is 59.4 Å². The lowest BCUT2D eigenvalue weighted by molar-refractivity contribution is -0.141. The molecule has 0 saturated heterocycles. The van der Waals surface area contributed by atoms with Crippen molar-refractivity contribution in [1.29, 1.82) is 0 Å². The Kier molecular flexibility index (Phi) is 9.70. The minimum atomic E-state index is -0.905. The van der Waals surface area contributed by atoms with Crippen LogP contribution in [0.4, 0.5) is 0 Å². The lowest BCUT2D eigenvalue weighted by Crippen LogP contribution is -2.18. The summed E-state index contributed by atoms with van der Waals surface area (Å²) in [7, 11) is 1.46. The maximum atomic E-state index is 12.1. The van der Waals surface area contributed by atoms with E-state index >= 15 is 0 Å². The molecule has 8 heteroatoms. The largest absolute Gasteiger partial charge is 0.469 e. The van der Waals surface area contributed by atoms with E-state index in [1.54, 1.807) is 0 Å². The summed E-state index contributed by atoms with van der Waals surface area (Å²) in [5.74, 6) is 0.780. The number of pyridine rings is 1. The zero-order valence-corrected chi connectivity index (χ0v) is 27.2. The number of nitrogens with zero attached hydrogens (tertiary/aromatic N) is 1. The zero-order chi connectivity index (χ0) is 29.9. The first kappa shape index (κ1) is 31.1. The molecule has 5 rings (SSSR count). The summed E-state index contributed by atoms with van der Waals surface area (Å²) in [6, 6.07) is 20.7. The van der Waals surface area contributed by atoms with E-state index < -0.39 is 5.60 Å². The average Bonchev–Trinajstić information content (AvgIpc) is 3.68. The number of benzene rings is 2. The van der Waals surface area contributed by atoms with Crippen LogP contribution in [-0.4, -0.2) is 28.9 Å². The summed E-state index contributed by atoms with van der Waals surface area (Å²) < 4.78 is 6.51. The number of carbonyl (C=O) groups excluding carboxylic acids is 1. The Morgan fingerprint density at radius 2 is 1.93 bits per heavy atom. The standard InChI is InChI=1S/C34H35Cl2NO3S2/c1-33(2,39)26-10-5-4-8-23(26)12-15-27(41-21-34(17-18-34)20-29(38)40-3)24-9-6-7-22(19-24)11-13-25-14-16-28-31(37-25)30(35)32(36)42-28/h4-11,13-14,16,19,27,39H,12,15,17-18,20-21H2,1-3H3/b13-11+/t27-/m1/s1. The second kappa shape index (κ2) is 13.1. The Labute approximate surface area is 266 Å². The van der Waals surface area contributed by atoms with Crippen molar-refractivity contribution in [2.45, 2.75) is 56.8 Å². The second-order valence-corrected chi connectivity index (χ2v) is 14.8. The molecule has 2 aromatic heterocycles. The molecule has 0 bridgehead atoms. The molecule has 0 aliphatic heterocycles. The van der Waals surface area contributed by atoms with Gasteiger partial charge in [-0.25, -0.2) is 4.98 Å². The van der Waals surface area contributed by atoms with Crippen LogP contribution in [0.5, 0.6) is 0 Å². The summed E-state index contributed by atoms with van der Waals surface area (Å²) in [6.45, 7) is 3.68. The minimum Gasteiger partial charge on any atom is -0.469 e. The van der Waals surface area contributed by atoms with Gasteiger partial charge in [0.1, 0.15) is 9.85 Å². The number of carbonyl (C=O) groups is 1. The van der Waals surface area contributed by atoms with Crippen LogP contribution in [-0.2, 0) is 21.6 Å². The first-order chi connectivity index (χ1) is 20.1. The Bertz CT molecular complexity index is 1600. The van der Waals surface area contributed by atoms with Gasteiger partial charge in [-0.15, -0.1) is 11.3 Å². The Hall–Kier alpha value is -2.35. The number of halogens is 2. The van der Waals surface area contributed by atoms with Gasteiger partial charge in [-0.2, -0.15) is 11.8 Å². The number of fused-ring (bicyclic) bond motifs is 1. The van der Waals surface area contributed by atoms with Crippen molar-refractivity contribution in [3.8, 4) is 0 Å². The van der Waals surface area contributed by atoms with Crippen molar-refractivity contribution >= 4 is 74.6 Å². The summed E-state index contributed by atoms with van der Waals surface area (Å²) in [5, 5.41) is 11.5. The number of ether oxygens (including phenoxy) is 1. The molecule has 220 valence electrons. The highest BCUT2D eigenvalue weighted by Gasteiger charge is 2.45. The Balaban J connectivity index is 1.37. The number of hydrogen-bond donors (Lipinski definition) is 1. The number of esters is 1. The third kappa shape index (κ3) is 7.59. The van der Waals surface area contributed by atoms with Gasteiger partial charge < -0.3 is 9.84 Å².